The van der Waals surface area contributed by atoms with Gasteiger partial charge in [-0.15, -0.1) is 15.3 Å². The first-order valence-electron chi connectivity index (χ1n) is 10.1. The number of nitrogens with zero attached hydrogens (tertiary/aromatic N) is 4. The number of aryl methyl sites for hydroxylation is 3. The Morgan fingerprint density at radius 3 is 2.74 bits per heavy atom. The second kappa shape index (κ2) is 9.14. The maximum absolute atomic E-state index is 12.5. The molecule has 0 saturated carbocycles. The Morgan fingerprint density at radius 1 is 1.06 bits per heavy atom. The highest BCUT2D eigenvalue weighted by Crippen LogP contribution is 2.18. The number of hydrogen-bond acceptors (Lipinski definition) is 5. The quantitative estimate of drug-likeness (QED) is 0.445. The lowest BCUT2D eigenvalue weighted by Gasteiger charge is -2.09. The zero-order valence-electron chi connectivity index (χ0n) is 17.4. The van der Waals surface area contributed by atoms with E-state index in [2.05, 4.69) is 25.9 Å². The van der Waals surface area contributed by atoms with Crippen LogP contribution in [0.15, 0.2) is 54.6 Å². The first-order chi connectivity index (χ1) is 15.0. The number of anilines is 2. The molecule has 2 aromatic carbocycles. The SMILES string of the molecule is Cc1ccc(C)c(NC(=O)CCc2nnc3ccc(NCc4ccccc4Cl)nn23)c1. The molecule has 0 fully saturated rings. The fraction of sp³-hybridized carbons (Fsp3) is 0.217. The second-order valence-electron chi connectivity index (χ2n) is 7.42. The van der Waals surface area contributed by atoms with E-state index >= 15 is 0 Å². The summed E-state index contributed by atoms with van der Waals surface area (Å²) in [5, 5.41) is 19.9. The van der Waals surface area contributed by atoms with E-state index < -0.39 is 0 Å². The van der Waals surface area contributed by atoms with Gasteiger partial charge in [-0.3, -0.25) is 4.79 Å². The zero-order chi connectivity index (χ0) is 21.8. The van der Waals surface area contributed by atoms with Crippen molar-refractivity contribution in [2.24, 2.45) is 0 Å². The zero-order valence-corrected chi connectivity index (χ0v) is 18.1. The Balaban J connectivity index is 1.42. The van der Waals surface area contributed by atoms with Crippen molar-refractivity contribution >= 4 is 34.7 Å². The highest BCUT2D eigenvalue weighted by Gasteiger charge is 2.11. The monoisotopic (exact) mass is 434 g/mol. The van der Waals surface area contributed by atoms with Crippen LogP contribution in [0.3, 0.4) is 0 Å². The summed E-state index contributed by atoms with van der Waals surface area (Å²) in [6, 6.07) is 17.3. The van der Waals surface area contributed by atoms with Crippen molar-refractivity contribution in [2.75, 3.05) is 10.6 Å². The fourth-order valence-corrected chi connectivity index (χ4v) is 3.42. The van der Waals surface area contributed by atoms with Gasteiger partial charge in [0.25, 0.3) is 0 Å². The van der Waals surface area contributed by atoms with Gasteiger partial charge in [0.15, 0.2) is 11.5 Å². The van der Waals surface area contributed by atoms with Crippen molar-refractivity contribution in [1.82, 2.24) is 19.8 Å². The first kappa shape index (κ1) is 20.8. The van der Waals surface area contributed by atoms with Gasteiger partial charge in [0.2, 0.25) is 5.91 Å². The molecule has 0 unspecified atom stereocenters. The molecular weight excluding hydrogens is 412 g/mol. The third-order valence-electron chi connectivity index (χ3n) is 4.99. The summed E-state index contributed by atoms with van der Waals surface area (Å²) in [4.78, 5) is 12.5. The minimum absolute atomic E-state index is 0.0709. The smallest absolute Gasteiger partial charge is 0.224 e. The number of aromatic nitrogens is 4. The molecule has 0 bridgehead atoms. The summed E-state index contributed by atoms with van der Waals surface area (Å²) < 4.78 is 1.67. The molecule has 2 N–H and O–H groups in total. The van der Waals surface area contributed by atoms with E-state index in [-0.39, 0.29) is 12.3 Å². The Kier molecular flexibility index (Phi) is 6.13. The Bertz CT molecular complexity index is 1240. The van der Waals surface area contributed by atoms with Crippen LogP contribution in [0.25, 0.3) is 5.65 Å². The Labute approximate surface area is 185 Å². The average molecular weight is 435 g/mol. The van der Waals surface area contributed by atoms with Crippen molar-refractivity contribution < 1.29 is 4.79 Å². The molecule has 31 heavy (non-hydrogen) atoms. The third kappa shape index (κ3) is 5.00. The minimum atomic E-state index is -0.0709. The molecular formula is C23H23ClN6O. The number of benzene rings is 2. The molecule has 0 saturated heterocycles. The van der Waals surface area contributed by atoms with Crippen LogP contribution in [0.4, 0.5) is 11.5 Å². The molecule has 0 aliphatic rings. The molecule has 4 rings (SSSR count). The number of amides is 1. The normalized spacial score (nSPS) is 10.9. The van der Waals surface area contributed by atoms with Crippen molar-refractivity contribution in [2.45, 2.75) is 33.2 Å². The second-order valence-corrected chi connectivity index (χ2v) is 7.82. The van der Waals surface area contributed by atoms with E-state index in [9.17, 15) is 4.79 Å². The molecule has 0 aliphatic carbocycles. The summed E-state index contributed by atoms with van der Waals surface area (Å²) in [5.74, 6) is 1.24. The van der Waals surface area contributed by atoms with Crippen LogP contribution >= 0.6 is 11.6 Å². The van der Waals surface area contributed by atoms with Crippen LogP contribution in [0.1, 0.15) is 28.9 Å². The highest BCUT2D eigenvalue weighted by molar-refractivity contribution is 6.31. The number of rotatable bonds is 7. The fourth-order valence-electron chi connectivity index (χ4n) is 3.22. The van der Waals surface area contributed by atoms with E-state index in [1.54, 1.807) is 4.52 Å². The van der Waals surface area contributed by atoms with E-state index in [0.29, 0.717) is 35.3 Å². The predicted molar refractivity (Wildman–Crippen MR) is 122 cm³/mol. The Hall–Kier alpha value is -3.45. The van der Waals surface area contributed by atoms with Crippen LogP contribution < -0.4 is 10.6 Å². The highest BCUT2D eigenvalue weighted by atomic mass is 35.5. The van der Waals surface area contributed by atoms with Gasteiger partial charge in [-0.25, -0.2) is 0 Å². The average Bonchev–Trinajstić information content (AvgIpc) is 3.16. The van der Waals surface area contributed by atoms with Crippen LogP contribution in [-0.2, 0) is 17.8 Å². The molecule has 4 aromatic rings. The number of carbonyl (C=O) groups is 1. The van der Waals surface area contributed by atoms with Crippen LogP contribution in [0, 0.1) is 13.8 Å². The molecule has 0 aliphatic heterocycles. The first-order valence-corrected chi connectivity index (χ1v) is 10.4. The molecule has 2 heterocycles. The van der Waals surface area contributed by atoms with Gasteiger partial charge in [-0.1, -0.05) is 41.9 Å². The molecule has 2 aromatic heterocycles. The van der Waals surface area contributed by atoms with Gasteiger partial charge in [0.1, 0.15) is 5.82 Å². The van der Waals surface area contributed by atoms with Gasteiger partial charge in [-0.05, 0) is 54.8 Å². The van der Waals surface area contributed by atoms with Crippen LogP contribution in [0.5, 0.6) is 0 Å². The number of carbonyl (C=O) groups excluding carboxylic acids is 1. The number of nitrogens with one attached hydrogen (secondary N) is 2. The van der Waals surface area contributed by atoms with Crippen molar-refractivity contribution in [3.8, 4) is 0 Å². The predicted octanol–water partition coefficient (Wildman–Crippen LogP) is 4.58. The lowest BCUT2D eigenvalue weighted by atomic mass is 10.1. The topological polar surface area (TPSA) is 84.2 Å². The van der Waals surface area contributed by atoms with E-state index in [0.717, 1.165) is 22.4 Å². The van der Waals surface area contributed by atoms with Gasteiger partial charge in [0, 0.05) is 30.1 Å². The lowest BCUT2D eigenvalue weighted by Crippen LogP contribution is -2.14. The van der Waals surface area contributed by atoms with Gasteiger partial charge < -0.3 is 10.6 Å². The van der Waals surface area contributed by atoms with Crippen LogP contribution in [0.2, 0.25) is 5.02 Å². The van der Waals surface area contributed by atoms with Gasteiger partial charge in [0.05, 0.1) is 0 Å². The number of fused-ring (bicyclic) bond motifs is 1. The molecule has 158 valence electrons. The minimum Gasteiger partial charge on any atom is -0.364 e. The molecule has 0 radical (unpaired) electrons. The van der Waals surface area contributed by atoms with Gasteiger partial charge in [-0.2, -0.15) is 4.52 Å². The van der Waals surface area contributed by atoms with Crippen molar-refractivity contribution in [1.29, 1.82) is 0 Å². The lowest BCUT2D eigenvalue weighted by molar-refractivity contribution is -0.116. The van der Waals surface area contributed by atoms with Crippen molar-refractivity contribution in [3.63, 3.8) is 0 Å². The molecule has 0 spiro atoms. The molecule has 0 atom stereocenters. The third-order valence-corrected chi connectivity index (χ3v) is 5.36. The summed E-state index contributed by atoms with van der Waals surface area (Å²) in [6.07, 6.45) is 0.714. The Morgan fingerprint density at radius 2 is 1.90 bits per heavy atom. The molecule has 7 nitrogen and oxygen atoms in total. The largest absolute Gasteiger partial charge is 0.364 e. The maximum Gasteiger partial charge on any atom is 0.224 e. The standard InChI is InChI=1S/C23H23ClN6O/c1-15-7-8-16(2)19(13-15)26-23(31)12-11-22-28-27-21-10-9-20(29-30(21)22)25-14-17-5-3-4-6-18(17)24/h3-10,13H,11-12,14H2,1-2H3,(H,25,29)(H,26,31). The van der Waals surface area contributed by atoms with Crippen molar-refractivity contribution in [3.05, 3.63) is 82.1 Å². The van der Waals surface area contributed by atoms with E-state index in [1.165, 1.54) is 0 Å². The maximum atomic E-state index is 12.5. The van der Waals surface area contributed by atoms with Gasteiger partial charge >= 0.3 is 0 Å². The summed E-state index contributed by atoms with van der Waals surface area (Å²) in [6.45, 7) is 4.52. The molecule has 1 amide bonds. The summed E-state index contributed by atoms with van der Waals surface area (Å²) >= 11 is 6.22. The number of hydrogen-bond donors (Lipinski definition) is 2. The van der Waals surface area contributed by atoms with E-state index in [1.807, 2.05) is 68.4 Å². The summed E-state index contributed by atoms with van der Waals surface area (Å²) in [5.41, 5.74) is 4.58. The number of halogens is 1. The molecule has 8 heteroatoms. The summed E-state index contributed by atoms with van der Waals surface area (Å²) in [7, 11) is 0. The van der Waals surface area contributed by atoms with Crippen LogP contribution in [-0.4, -0.2) is 25.7 Å². The van der Waals surface area contributed by atoms with E-state index in [4.69, 9.17) is 11.6 Å².